The Labute approximate surface area is 190 Å². The lowest BCUT2D eigenvalue weighted by Crippen LogP contribution is -2.32. The molecule has 0 aliphatic carbocycles. The summed E-state index contributed by atoms with van der Waals surface area (Å²) in [5.41, 5.74) is 0.479. The van der Waals surface area contributed by atoms with Crippen molar-refractivity contribution in [2.45, 2.75) is 25.9 Å². The number of nitrogens with zero attached hydrogens (tertiary/aromatic N) is 3. The van der Waals surface area contributed by atoms with Gasteiger partial charge in [-0.05, 0) is 31.5 Å². The van der Waals surface area contributed by atoms with Gasteiger partial charge in [0.25, 0.3) is 5.91 Å². The van der Waals surface area contributed by atoms with Crippen LogP contribution in [0.5, 0.6) is 11.5 Å². The molecule has 0 radical (unpaired) electrons. The molecule has 1 aromatic carbocycles. The number of hydrogen-bond donors (Lipinski definition) is 1. The molecule has 0 unspecified atom stereocenters. The van der Waals surface area contributed by atoms with Crippen LogP contribution >= 0.6 is 0 Å². The lowest BCUT2D eigenvalue weighted by Gasteiger charge is -2.28. The van der Waals surface area contributed by atoms with Crippen molar-refractivity contribution in [1.82, 2.24) is 14.5 Å². The van der Waals surface area contributed by atoms with Crippen LogP contribution in [-0.2, 0) is 11.3 Å². The molecule has 3 heterocycles. The van der Waals surface area contributed by atoms with Crippen LogP contribution < -0.4 is 9.47 Å². The number of ether oxygens (including phenoxy) is 2. The summed E-state index contributed by atoms with van der Waals surface area (Å²) in [4.78, 5) is 32.0. The predicted octanol–water partition coefficient (Wildman–Crippen LogP) is 3.47. The molecule has 1 amide bonds. The molecule has 1 aliphatic heterocycles. The lowest BCUT2D eigenvalue weighted by atomic mass is 9.94. The van der Waals surface area contributed by atoms with Gasteiger partial charge in [-0.3, -0.25) is 9.59 Å². The molecular weight excluding hydrogens is 426 g/mol. The van der Waals surface area contributed by atoms with Crippen LogP contribution in [-0.4, -0.2) is 52.0 Å². The SMILES string of the molecule is COc1cccc([C@@H]2C(C(=O)c3ccc(C)o3)=C(O)C(=O)N2CCCn2ccnc2)c1OC. The standard InChI is InChI=1S/C24H25N3O6/c1-15-8-9-17(33-15)21(28)19-20(16-6-4-7-18(31-2)23(16)32-3)27(24(30)22(19)29)12-5-11-26-13-10-25-14-26/h4,6-10,13-14,20,29H,5,11-12H2,1-3H3/t20-/m1/s1. The van der Waals surface area contributed by atoms with E-state index in [4.69, 9.17) is 13.9 Å². The van der Waals surface area contributed by atoms with Gasteiger partial charge in [0.05, 0.1) is 32.2 Å². The second-order valence-corrected chi connectivity index (χ2v) is 7.64. The average molecular weight is 451 g/mol. The average Bonchev–Trinajstić information content (AvgIpc) is 3.55. The zero-order valence-corrected chi connectivity index (χ0v) is 18.6. The van der Waals surface area contributed by atoms with E-state index >= 15 is 0 Å². The Morgan fingerprint density at radius 1 is 1.18 bits per heavy atom. The minimum atomic E-state index is -0.872. The second kappa shape index (κ2) is 9.23. The van der Waals surface area contributed by atoms with Crippen molar-refractivity contribution in [2.24, 2.45) is 0 Å². The number of para-hydroxylation sites is 1. The van der Waals surface area contributed by atoms with Gasteiger partial charge in [-0.2, -0.15) is 0 Å². The van der Waals surface area contributed by atoms with Crippen LogP contribution in [0.15, 0.2) is 64.8 Å². The summed E-state index contributed by atoms with van der Waals surface area (Å²) in [7, 11) is 3.00. The van der Waals surface area contributed by atoms with Crippen LogP contribution in [0, 0.1) is 6.92 Å². The number of furan rings is 1. The van der Waals surface area contributed by atoms with E-state index in [1.54, 1.807) is 43.7 Å². The number of methoxy groups -OCH3 is 2. The van der Waals surface area contributed by atoms with E-state index in [0.29, 0.717) is 42.3 Å². The molecule has 3 aromatic rings. The van der Waals surface area contributed by atoms with Gasteiger partial charge >= 0.3 is 0 Å². The van der Waals surface area contributed by atoms with Crippen molar-refractivity contribution in [3.05, 3.63) is 77.5 Å². The third kappa shape index (κ3) is 4.09. The molecule has 9 nitrogen and oxygen atoms in total. The molecule has 33 heavy (non-hydrogen) atoms. The summed E-state index contributed by atoms with van der Waals surface area (Å²) < 4.78 is 18.4. The van der Waals surface area contributed by atoms with E-state index in [-0.39, 0.29) is 11.3 Å². The maximum Gasteiger partial charge on any atom is 0.290 e. The fraction of sp³-hybridized carbons (Fsp3) is 0.292. The van der Waals surface area contributed by atoms with Gasteiger partial charge in [0.1, 0.15) is 5.76 Å². The molecule has 0 spiro atoms. The Morgan fingerprint density at radius 3 is 2.64 bits per heavy atom. The Bertz CT molecular complexity index is 1190. The van der Waals surface area contributed by atoms with Gasteiger partial charge in [0.2, 0.25) is 5.78 Å². The highest BCUT2D eigenvalue weighted by Crippen LogP contribution is 2.45. The third-order valence-electron chi connectivity index (χ3n) is 5.61. The number of amides is 1. The molecule has 0 fully saturated rings. The number of Topliss-reactive ketones (excluding diaryl/α,β-unsaturated/α-hetero) is 1. The van der Waals surface area contributed by atoms with Crippen LogP contribution in [0.3, 0.4) is 0 Å². The highest BCUT2D eigenvalue weighted by molar-refractivity contribution is 6.15. The highest BCUT2D eigenvalue weighted by atomic mass is 16.5. The van der Waals surface area contributed by atoms with Gasteiger partial charge < -0.3 is 28.5 Å². The summed E-state index contributed by atoms with van der Waals surface area (Å²) in [5.74, 6) is -0.333. The number of imidazole rings is 1. The fourth-order valence-electron chi connectivity index (χ4n) is 4.10. The van der Waals surface area contributed by atoms with E-state index in [1.807, 2.05) is 10.8 Å². The Balaban J connectivity index is 1.76. The van der Waals surface area contributed by atoms with Crippen molar-refractivity contribution in [1.29, 1.82) is 0 Å². The number of aryl methyl sites for hydroxylation is 2. The maximum atomic E-state index is 13.4. The maximum absolute atomic E-state index is 13.4. The molecule has 1 atom stereocenters. The van der Waals surface area contributed by atoms with E-state index in [0.717, 1.165) is 0 Å². The van der Waals surface area contributed by atoms with Gasteiger partial charge in [0, 0.05) is 31.0 Å². The molecule has 0 bridgehead atoms. The number of carbonyl (C=O) groups excluding carboxylic acids is 2. The van der Waals surface area contributed by atoms with E-state index in [1.165, 1.54) is 25.2 Å². The highest BCUT2D eigenvalue weighted by Gasteiger charge is 2.45. The minimum absolute atomic E-state index is 0.0500. The molecule has 0 saturated heterocycles. The van der Waals surface area contributed by atoms with Crippen LogP contribution in [0.1, 0.15) is 34.3 Å². The number of rotatable bonds is 9. The summed E-state index contributed by atoms with van der Waals surface area (Å²) in [6.07, 6.45) is 5.79. The number of aliphatic hydroxyl groups excluding tert-OH is 1. The fourth-order valence-corrected chi connectivity index (χ4v) is 4.10. The van der Waals surface area contributed by atoms with Crippen LogP contribution in [0.2, 0.25) is 0 Å². The number of carbonyl (C=O) groups is 2. The molecule has 2 aromatic heterocycles. The zero-order valence-electron chi connectivity index (χ0n) is 18.6. The summed E-state index contributed by atoms with van der Waals surface area (Å²) in [5, 5.41) is 10.8. The third-order valence-corrected chi connectivity index (χ3v) is 5.61. The van der Waals surface area contributed by atoms with Crippen molar-refractivity contribution in [3.8, 4) is 11.5 Å². The molecule has 172 valence electrons. The van der Waals surface area contributed by atoms with E-state index in [2.05, 4.69) is 4.98 Å². The first-order valence-corrected chi connectivity index (χ1v) is 10.5. The van der Waals surface area contributed by atoms with Crippen molar-refractivity contribution < 1.29 is 28.6 Å². The van der Waals surface area contributed by atoms with Gasteiger partial charge in [-0.15, -0.1) is 0 Å². The summed E-state index contributed by atoms with van der Waals surface area (Å²) >= 11 is 0. The van der Waals surface area contributed by atoms with E-state index in [9.17, 15) is 14.7 Å². The summed E-state index contributed by atoms with van der Waals surface area (Å²) in [6.45, 7) is 2.63. The van der Waals surface area contributed by atoms with Crippen LogP contribution in [0.25, 0.3) is 0 Å². The minimum Gasteiger partial charge on any atom is -0.503 e. The topological polar surface area (TPSA) is 107 Å². The van der Waals surface area contributed by atoms with Crippen LogP contribution in [0.4, 0.5) is 0 Å². The summed E-state index contributed by atoms with van der Waals surface area (Å²) in [6, 6.07) is 7.54. The first-order valence-electron chi connectivity index (χ1n) is 10.5. The lowest BCUT2D eigenvalue weighted by molar-refractivity contribution is -0.129. The smallest absolute Gasteiger partial charge is 0.290 e. The van der Waals surface area contributed by atoms with Crippen molar-refractivity contribution in [3.63, 3.8) is 0 Å². The molecule has 0 saturated carbocycles. The van der Waals surface area contributed by atoms with Crippen molar-refractivity contribution in [2.75, 3.05) is 20.8 Å². The van der Waals surface area contributed by atoms with Gasteiger partial charge in [0.15, 0.2) is 23.0 Å². The monoisotopic (exact) mass is 451 g/mol. The normalized spacial score (nSPS) is 15.9. The molecule has 1 aliphatic rings. The molecule has 4 rings (SSSR count). The first-order chi connectivity index (χ1) is 16.0. The number of hydrogen-bond acceptors (Lipinski definition) is 7. The Hall–Kier alpha value is -4.01. The number of aromatic nitrogens is 2. The first kappa shape index (κ1) is 22.2. The van der Waals surface area contributed by atoms with Gasteiger partial charge in [-0.25, -0.2) is 4.98 Å². The largest absolute Gasteiger partial charge is 0.503 e. The number of benzene rings is 1. The molecular formula is C24H25N3O6. The Morgan fingerprint density at radius 2 is 2.00 bits per heavy atom. The number of ketones is 1. The molecule has 9 heteroatoms. The zero-order chi connectivity index (χ0) is 23.5. The Kier molecular flexibility index (Phi) is 6.21. The molecule has 1 N–H and O–H groups in total. The van der Waals surface area contributed by atoms with Gasteiger partial charge in [-0.1, -0.05) is 12.1 Å². The van der Waals surface area contributed by atoms with E-state index < -0.39 is 23.5 Å². The second-order valence-electron chi connectivity index (χ2n) is 7.64. The quantitative estimate of drug-likeness (QED) is 0.497. The predicted molar refractivity (Wildman–Crippen MR) is 118 cm³/mol. The number of aliphatic hydroxyl groups is 1. The van der Waals surface area contributed by atoms with Crippen molar-refractivity contribution >= 4 is 11.7 Å².